The number of hydrogen-bond donors (Lipinski definition) is 0. The molecule has 0 radical (unpaired) electrons. The molecule has 3 aromatic heterocycles. The van der Waals surface area contributed by atoms with Crippen LogP contribution in [0.2, 0.25) is 0 Å². The molecule has 1 aliphatic heterocycles. The number of hydrogen-bond acceptors (Lipinski definition) is 12. The third-order valence-corrected chi connectivity index (χ3v) is 21.5. The van der Waals surface area contributed by atoms with Gasteiger partial charge in [0.15, 0.2) is 23.0 Å². The van der Waals surface area contributed by atoms with Crippen LogP contribution in [0.15, 0.2) is 269 Å². The summed E-state index contributed by atoms with van der Waals surface area (Å²) in [4.78, 5) is 56.0. The summed E-state index contributed by atoms with van der Waals surface area (Å²) in [5, 5.41) is 1.68. The maximum Gasteiger partial charge on any atom is 0.266 e. The van der Waals surface area contributed by atoms with E-state index in [9.17, 15) is 14.4 Å². The van der Waals surface area contributed by atoms with Crippen LogP contribution in [0.3, 0.4) is 0 Å². The normalized spacial score (nSPS) is 11.7. The van der Waals surface area contributed by atoms with Gasteiger partial charge in [-0.05, 0) is 270 Å². The van der Waals surface area contributed by atoms with Crippen molar-refractivity contribution in [2.45, 2.75) is 99.3 Å². The van der Waals surface area contributed by atoms with Crippen LogP contribution in [0.1, 0.15) is 163 Å². The van der Waals surface area contributed by atoms with E-state index < -0.39 is 0 Å². The average Bonchev–Trinajstić information content (AvgIpc) is 0.983. The molecular weight excluding hydrogens is 1550 g/mol. The van der Waals surface area contributed by atoms with Crippen molar-refractivity contribution in [2.75, 3.05) is 35.2 Å². The Labute approximate surface area is 730 Å². The van der Waals surface area contributed by atoms with Gasteiger partial charge in [0.1, 0.15) is 29.0 Å². The Hall–Kier alpha value is -15.2. The largest absolute Gasteiger partial charge is 0.497 e. The zero-order chi connectivity index (χ0) is 88.3. The molecule has 622 valence electrons. The third-order valence-electron chi connectivity index (χ3n) is 21.5. The van der Waals surface area contributed by atoms with Gasteiger partial charge in [-0.2, -0.15) is 0 Å². The van der Waals surface area contributed by atoms with E-state index in [2.05, 4.69) is 171 Å². The standard InChI is InChI=1S/2C37H34N2O3.C36H30N2O3/c1-25-23-27(12-11-26-13-18-29(19-14-26)37(2,3)4)15-21-33(25)39-35(38-32-10-8-7-9-31(32)36(39)40)22-17-28-16-20-30(41-5)24-34(28)42-6;1-25-23-27(12-11-26-13-18-29(19-14-26)37(2,3)4)15-20-32(25)39-35(38-31-10-8-7-9-30(31)36(39)40)22-17-28-16-21-33(41-5)34(24-28)42-6;1-24-21-26(10-9-25-11-16-28(17-12-25)36(2,3)4)13-18-31(24)38-34(37-30-8-6-5-7-29(30)35(38)39)20-15-27-14-19-32-33(22-27)41-23-40-32/h2*7-10,13-24H,1-6H3;5-8,11-22H,23H2,1-4H3/b2*22-17+;20-15+. The fourth-order valence-corrected chi connectivity index (χ4v) is 14.5. The minimum absolute atomic E-state index is 0.101. The number of ether oxygens (including phenoxy) is 6. The Kier molecular flexibility index (Phi) is 25.8. The Morgan fingerprint density at radius 3 is 1.03 bits per heavy atom. The zero-order valence-corrected chi connectivity index (χ0v) is 73.3. The fourth-order valence-electron chi connectivity index (χ4n) is 14.5. The highest BCUT2D eigenvalue weighted by molar-refractivity contribution is 5.84. The average molecular weight is 1650 g/mol. The van der Waals surface area contributed by atoms with Gasteiger partial charge < -0.3 is 28.4 Å². The van der Waals surface area contributed by atoms with Crippen LogP contribution in [0, 0.1) is 56.3 Å². The highest BCUT2D eigenvalue weighted by Gasteiger charge is 2.21. The minimum atomic E-state index is -0.136. The van der Waals surface area contributed by atoms with Crippen molar-refractivity contribution in [3.05, 3.63) is 387 Å². The molecule has 0 bridgehead atoms. The second kappa shape index (κ2) is 37.4. The quantitative estimate of drug-likeness (QED) is 0.101. The predicted molar refractivity (Wildman–Crippen MR) is 508 cm³/mol. The second-order valence-electron chi connectivity index (χ2n) is 33.5. The molecule has 0 saturated heterocycles. The summed E-state index contributed by atoms with van der Waals surface area (Å²) in [6.45, 7) is 26.0. The number of para-hydroxylation sites is 3. The van der Waals surface area contributed by atoms with Crippen LogP contribution in [0.5, 0.6) is 34.5 Å². The second-order valence-corrected chi connectivity index (χ2v) is 33.5. The number of nitrogens with zero attached hydrogens (tertiary/aromatic N) is 6. The lowest BCUT2D eigenvalue weighted by Gasteiger charge is -2.18. The number of benzene rings is 12. The number of aryl methyl sites for hydroxylation is 3. The number of rotatable bonds is 13. The zero-order valence-electron chi connectivity index (χ0n) is 73.3. The van der Waals surface area contributed by atoms with Crippen molar-refractivity contribution in [3.8, 4) is 87.1 Å². The van der Waals surface area contributed by atoms with Crippen LogP contribution in [-0.2, 0) is 16.2 Å². The summed E-state index contributed by atoms with van der Waals surface area (Å²) in [6.07, 6.45) is 11.3. The summed E-state index contributed by atoms with van der Waals surface area (Å²) < 4.78 is 37.6. The molecule has 12 aromatic carbocycles. The van der Waals surface area contributed by atoms with E-state index >= 15 is 0 Å². The topological polar surface area (TPSA) is 160 Å². The molecule has 0 N–H and O–H groups in total. The van der Waals surface area contributed by atoms with Gasteiger partial charge in [0.2, 0.25) is 6.79 Å². The van der Waals surface area contributed by atoms with Crippen molar-refractivity contribution < 1.29 is 28.4 Å². The molecule has 16 rings (SSSR count). The van der Waals surface area contributed by atoms with Crippen LogP contribution >= 0.6 is 0 Å². The van der Waals surface area contributed by atoms with Crippen LogP contribution in [-0.4, -0.2) is 63.9 Å². The Morgan fingerprint density at radius 2 is 0.664 bits per heavy atom. The van der Waals surface area contributed by atoms with Crippen LogP contribution in [0.4, 0.5) is 0 Å². The van der Waals surface area contributed by atoms with Crippen molar-refractivity contribution in [3.63, 3.8) is 0 Å². The predicted octanol–water partition coefficient (Wildman–Crippen LogP) is 22.4. The maximum atomic E-state index is 13.8. The molecule has 125 heavy (non-hydrogen) atoms. The molecule has 15 aromatic rings. The Bertz CT molecular complexity index is 7110. The summed E-state index contributed by atoms with van der Waals surface area (Å²) in [6, 6.07) is 82.1. The Morgan fingerprint density at radius 1 is 0.320 bits per heavy atom. The number of methoxy groups -OCH3 is 4. The summed E-state index contributed by atoms with van der Waals surface area (Å²) in [5.41, 5.74) is 18.9. The van der Waals surface area contributed by atoms with Crippen molar-refractivity contribution >= 4 is 69.2 Å². The van der Waals surface area contributed by atoms with E-state index in [0.29, 0.717) is 78.9 Å². The van der Waals surface area contributed by atoms with Crippen LogP contribution in [0.25, 0.3) is 86.2 Å². The van der Waals surface area contributed by atoms with Gasteiger partial charge in [-0.1, -0.05) is 195 Å². The molecule has 1 aliphatic rings. The molecule has 0 unspecified atom stereocenters. The van der Waals surface area contributed by atoms with E-state index in [1.807, 2.05) is 233 Å². The lowest BCUT2D eigenvalue weighted by Crippen LogP contribution is -2.23. The fraction of sp³-hybridized carbons (Fsp3) is 0.182. The van der Waals surface area contributed by atoms with Crippen LogP contribution < -0.4 is 45.1 Å². The van der Waals surface area contributed by atoms with Gasteiger partial charge in [-0.15, -0.1) is 0 Å². The first-order valence-electron chi connectivity index (χ1n) is 41.3. The van der Waals surface area contributed by atoms with Gasteiger partial charge in [0.25, 0.3) is 16.7 Å². The van der Waals surface area contributed by atoms with E-state index in [4.69, 9.17) is 43.4 Å². The summed E-state index contributed by atoms with van der Waals surface area (Å²) in [7, 11) is 6.44. The molecule has 15 nitrogen and oxygen atoms in total. The highest BCUT2D eigenvalue weighted by Crippen LogP contribution is 2.35. The van der Waals surface area contributed by atoms with E-state index in [1.165, 1.54) is 16.7 Å². The van der Waals surface area contributed by atoms with Crippen molar-refractivity contribution in [1.82, 2.24) is 28.7 Å². The molecule has 0 atom stereocenters. The number of aromatic nitrogens is 6. The van der Waals surface area contributed by atoms with Gasteiger partial charge in [-0.25, -0.2) is 15.0 Å². The molecule has 4 heterocycles. The first-order valence-corrected chi connectivity index (χ1v) is 41.3. The molecule has 0 fully saturated rings. The minimum Gasteiger partial charge on any atom is -0.497 e. The van der Waals surface area contributed by atoms with Gasteiger partial charge in [-0.3, -0.25) is 28.1 Å². The molecule has 15 heteroatoms. The number of fused-ring (bicyclic) bond motifs is 4. The van der Waals surface area contributed by atoms with E-state index in [1.54, 1.807) is 48.2 Å². The smallest absolute Gasteiger partial charge is 0.266 e. The molecular formula is C110H98N6O9. The summed E-state index contributed by atoms with van der Waals surface area (Å²) in [5.74, 6) is 25.3. The SMILES string of the molecule is COc1ccc(/C=C/c2nc3ccccc3c(=O)n2-c2ccc(C#Cc3ccc(C(C)(C)C)cc3)cc2C)c(OC)c1.COc1ccc(/C=C/c2nc3ccccc3c(=O)n2-c2ccc(C#Cc3ccc(C(C)(C)C)cc3)cc2C)cc1OC.Cc1cc(C#Cc2ccc(C(C)(C)C)cc2)ccc1-n1c(/C=C/c2ccc3c(c2)OCO3)nc2ccccc2c1=O. The maximum absolute atomic E-state index is 13.8. The first kappa shape index (κ1) is 86.2. The Balaban J connectivity index is 0.000000152. The third kappa shape index (κ3) is 20.2. The molecule has 0 saturated carbocycles. The van der Waals surface area contributed by atoms with Gasteiger partial charge in [0, 0.05) is 45.0 Å². The molecule has 0 amide bonds. The monoisotopic (exact) mass is 1650 g/mol. The van der Waals surface area contributed by atoms with E-state index in [-0.39, 0.29) is 39.7 Å². The summed E-state index contributed by atoms with van der Waals surface area (Å²) >= 11 is 0. The van der Waals surface area contributed by atoms with E-state index in [0.717, 1.165) is 89.6 Å². The van der Waals surface area contributed by atoms with Crippen molar-refractivity contribution in [2.24, 2.45) is 0 Å². The van der Waals surface area contributed by atoms with Gasteiger partial charge >= 0.3 is 0 Å². The lowest BCUT2D eigenvalue weighted by molar-refractivity contribution is 0.174. The van der Waals surface area contributed by atoms with Crippen molar-refractivity contribution in [1.29, 1.82) is 0 Å². The molecule has 0 aliphatic carbocycles. The lowest BCUT2D eigenvalue weighted by atomic mass is 9.87. The molecule has 0 spiro atoms. The van der Waals surface area contributed by atoms with Gasteiger partial charge in [0.05, 0.1) is 78.2 Å². The highest BCUT2D eigenvalue weighted by atomic mass is 16.7. The first-order chi connectivity index (χ1) is 60.1.